The third-order valence-electron chi connectivity index (χ3n) is 5.46. The Morgan fingerprint density at radius 3 is 2.55 bits per heavy atom. The lowest BCUT2D eigenvalue weighted by Crippen LogP contribution is -2.37. The molecule has 0 saturated carbocycles. The van der Waals surface area contributed by atoms with E-state index < -0.39 is 11.2 Å². The number of imidazole rings is 1. The first kappa shape index (κ1) is 20.8. The Morgan fingerprint density at radius 2 is 1.79 bits per heavy atom. The molecule has 3 heterocycles. The van der Waals surface area contributed by atoms with Gasteiger partial charge < -0.3 is 9.88 Å². The van der Waals surface area contributed by atoms with Gasteiger partial charge in [-0.25, -0.2) is 14.8 Å². The Kier molecular flexibility index (Phi) is 5.14. The fourth-order valence-corrected chi connectivity index (χ4v) is 4.75. The van der Waals surface area contributed by atoms with Gasteiger partial charge in [0.15, 0.2) is 11.2 Å². The molecule has 0 atom stereocenters. The standard InChI is InChI=1S/C23H20N6O3S/c1-27-21-20(22(31)28(2)23(27)32)29(13-24-21)12-18(30)25-15-9-7-14(8-10-15)11-19-26-16-5-3-4-6-17(16)33-19/h3-10,13H,11-12H2,1-2H3,(H,25,30). The molecular formula is C23H20N6O3S. The minimum absolute atomic E-state index is 0.0998. The summed E-state index contributed by atoms with van der Waals surface area (Å²) in [5, 5.41) is 3.88. The van der Waals surface area contributed by atoms with Gasteiger partial charge in [0.05, 0.1) is 21.6 Å². The molecule has 1 amide bonds. The zero-order valence-corrected chi connectivity index (χ0v) is 18.8. The monoisotopic (exact) mass is 460 g/mol. The second kappa shape index (κ2) is 8.14. The number of benzene rings is 2. The van der Waals surface area contributed by atoms with Crippen LogP contribution >= 0.6 is 11.3 Å². The summed E-state index contributed by atoms with van der Waals surface area (Å²) in [5.74, 6) is -0.302. The number of nitrogens with zero attached hydrogens (tertiary/aromatic N) is 5. The summed E-state index contributed by atoms with van der Waals surface area (Å²) < 4.78 is 4.91. The molecule has 0 aliphatic rings. The highest BCUT2D eigenvalue weighted by Crippen LogP contribution is 2.24. The number of carbonyl (C=O) groups is 1. The molecule has 0 radical (unpaired) electrons. The van der Waals surface area contributed by atoms with Gasteiger partial charge in [-0.3, -0.25) is 18.7 Å². The molecular weight excluding hydrogens is 440 g/mol. The Hall–Kier alpha value is -4.05. The molecule has 33 heavy (non-hydrogen) atoms. The first-order valence-electron chi connectivity index (χ1n) is 10.2. The van der Waals surface area contributed by atoms with Gasteiger partial charge in [-0.15, -0.1) is 11.3 Å². The topological polar surface area (TPSA) is 104 Å². The summed E-state index contributed by atoms with van der Waals surface area (Å²) in [7, 11) is 2.94. The third kappa shape index (κ3) is 3.85. The quantitative estimate of drug-likeness (QED) is 0.433. The first-order valence-corrected chi connectivity index (χ1v) is 11.1. The Labute approximate surface area is 191 Å². The van der Waals surface area contributed by atoms with Gasteiger partial charge in [-0.05, 0) is 29.8 Å². The highest BCUT2D eigenvalue weighted by molar-refractivity contribution is 7.18. The number of nitrogens with one attached hydrogen (secondary N) is 1. The van der Waals surface area contributed by atoms with Crippen LogP contribution in [0, 0.1) is 0 Å². The lowest BCUT2D eigenvalue weighted by atomic mass is 10.1. The molecule has 2 aromatic carbocycles. The number of rotatable bonds is 5. The van der Waals surface area contributed by atoms with E-state index >= 15 is 0 Å². The Balaban J connectivity index is 1.29. The maximum Gasteiger partial charge on any atom is 0.332 e. The fourth-order valence-electron chi connectivity index (χ4n) is 3.75. The Bertz CT molecular complexity index is 1590. The van der Waals surface area contributed by atoms with Gasteiger partial charge in [-0.1, -0.05) is 24.3 Å². The van der Waals surface area contributed by atoms with Crippen LogP contribution in [-0.2, 0) is 31.9 Å². The van der Waals surface area contributed by atoms with Crippen LogP contribution in [0.25, 0.3) is 21.4 Å². The van der Waals surface area contributed by atoms with Crippen molar-refractivity contribution in [1.29, 1.82) is 0 Å². The minimum Gasteiger partial charge on any atom is -0.325 e. The molecule has 0 aliphatic carbocycles. The van der Waals surface area contributed by atoms with Crippen molar-refractivity contribution in [1.82, 2.24) is 23.7 Å². The molecule has 0 aliphatic heterocycles. The predicted molar refractivity (Wildman–Crippen MR) is 128 cm³/mol. The largest absolute Gasteiger partial charge is 0.332 e. The number of para-hydroxylation sites is 1. The number of hydrogen-bond donors (Lipinski definition) is 1. The summed E-state index contributed by atoms with van der Waals surface area (Å²) in [6, 6.07) is 15.7. The Morgan fingerprint density at radius 1 is 1.03 bits per heavy atom. The van der Waals surface area contributed by atoms with Gasteiger partial charge in [0, 0.05) is 26.2 Å². The molecule has 1 N–H and O–H groups in total. The van der Waals surface area contributed by atoms with Crippen LogP contribution in [0.5, 0.6) is 0 Å². The van der Waals surface area contributed by atoms with E-state index in [0.29, 0.717) is 5.69 Å². The zero-order chi connectivity index (χ0) is 23.1. The van der Waals surface area contributed by atoms with Crippen LogP contribution in [-0.4, -0.2) is 29.6 Å². The SMILES string of the molecule is Cn1c(=O)c2c(ncn2CC(=O)Nc2ccc(Cc3nc4ccccc4s3)cc2)n(C)c1=O. The second-order valence-electron chi connectivity index (χ2n) is 7.75. The number of hydrogen-bond acceptors (Lipinski definition) is 6. The van der Waals surface area contributed by atoms with Gasteiger partial charge in [0.1, 0.15) is 6.54 Å². The molecule has 0 saturated heterocycles. The molecule has 10 heteroatoms. The summed E-state index contributed by atoms with van der Waals surface area (Å²) in [6.45, 7) is -0.0998. The zero-order valence-electron chi connectivity index (χ0n) is 18.0. The van der Waals surface area contributed by atoms with Crippen LogP contribution in [0.15, 0.2) is 64.4 Å². The molecule has 0 bridgehead atoms. The van der Waals surface area contributed by atoms with Crippen molar-refractivity contribution in [2.24, 2.45) is 14.1 Å². The smallest absolute Gasteiger partial charge is 0.325 e. The number of aryl methyl sites for hydroxylation is 1. The summed E-state index contributed by atoms with van der Waals surface area (Å²) in [6.07, 6.45) is 2.11. The van der Waals surface area contributed by atoms with E-state index in [2.05, 4.69) is 21.4 Å². The molecule has 5 aromatic rings. The first-order chi connectivity index (χ1) is 15.9. The summed E-state index contributed by atoms with van der Waals surface area (Å²) in [5.41, 5.74) is 2.25. The van der Waals surface area contributed by atoms with Crippen molar-refractivity contribution < 1.29 is 4.79 Å². The average molecular weight is 461 g/mol. The van der Waals surface area contributed by atoms with Gasteiger partial charge in [-0.2, -0.15) is 0 Å². The molecule has 0 spiro atoms. The van der Waals surface area contributed by atoms with Crippen molar-refractivity contribution in [3.05, 3.63) is 86.3 Å². The van der Waals surface area contributed by atoms with Crippen molar-refractivity contribution >= 4 is 44.3 Å². The fraction of sp³-hybridized carbons (Fsp3) is 0.174. The molecule has 3 aromatic heterocycles. The maximum absolute atomic E-state index is 12.6. The van der Waals surface area contributed by atoms with Gasteiger partial charge in [0.2, 0.25) is 5.91 Å². The molecule has 5 rings (SSSR count). The van der Waals surface area contributed by atoms with E-state index in [1.54, 1.807) is 11.3 Å². The average Bonchev–Trinajstić information content (AvgIpc) is 3.41. The highest BCUT2D eigenvalue weighted by atomic mass is 32.1. The van der Waals surface area contributed by atoms with E-state index in [9.17, 15) is 14.4 Å². The summed E-state index contributed by atoms with van der Waals surface area (Å²) >= 11 is 1.68. The third-order valence-corrected chi connectivity index (χ3v) is 6.50. The van der Waals surface area contributed by atoms with Crippen molar-refractivity contribution in [2.75, 3.05) is 5.32 Å². The van der Waals surface area contributed by atoms with E-state index in [4.69, 9.17) is 0 Å². The van der Waals surface area contributed by atoms with E-state index in [1.165, 1.54) is 34.3 Å². The van der Waals surface area contributed by atoms with Gasteiger partial charge in [0.25, 0.3) is 5.56 Å². The lowest BCUT2D eigenvalue weighted by molar-refractivity contribution is -0.116. The van der Waals surface area contributed by atoms with E-state index in [0.717, 1.165) is 27.1 Å². The van der Waals surface area contributed by atoms with Crippen molar-refractivity contribution in [3.8, 4) is 0 Å². The number of thiazole rings is 1. The van der Waals surface area contributed by atoms with Crippen molar-refractivity contribution in [2.45, 2.75) is 13.0 Å². The molecule has 0 fully saturated rings. The number of anilines is 1. The molecule has 166 valence electrons. The normalized spacial score (nSPS) is 11.3. The maximum atomic E-state index is 12.6. The van der Waals surface area contributed by atoms with Crippen LogP contribution in [0.1, 0.15) is 10.6 Å². The summed E-state index contributed by atoms with van der Waals surface area (Å²) in [4.78, 5) is 46.0. The number of amides is 1. The van der Waals surface area contributed by atoms with Crippen LogP contribution < -0.4 is 16.6 Å². The number of fused-ring (bicyclic) bond motifs is 2. The number of aromatic nitrogens is 5. The van der Waals surface area contributed by atoms with E-state index in [-0.39, 0.29) is 23.6 Å². The molecule has 9 nitrogen and oxygen atoms in total. The van der Waals surface area contributed by atoms with Crippen LogP contribution in [0.4, 0.5) is 5.69 Å². The second-order valence-corrected chi connectivity index (χ2v) is 8.86. The van der Waals surface area contributed by atoms with Crippen molar-refractivity contribution in [3.63, 3.8) is 0 Å². The van der Waals surface area contributed by atoms with Gasteiger partial charge >= 0.3 is 5.69 Å². The molecule has 0 unspecified atom stereocenters. The van der Waals surface area contributed by atoms with E-state index in [1.807, 2.05) is 42.5 Å². The predicted octanol–water partition coefficient (Wildman–Crippen LogP) is 2.27. The minimum atomic E-state index is -0.488. The lowest BCUT2D eigenvalue weighted by Gasteiger charge is -2.08. The number of carbonyl (C=O) groups excluding carboxylic acids is 1. The van der Waals surface area contributed by atoms with Crippen LogP contribution in [0.2, 0.25) is 0 Å². The highest BCUT2D eigenvalue weighted by Gasteiger charge is 2.16. The van der Waals surface area contributed by atoms with Crippen LogP contribution in [0.3, 0.4) is 0 Å².